The van der Waals surface area contributed by atoms with Crippen molar-refractivity contribution in [2.24, 2.45) is 5.92 Å². The van der Waals surface area contributed by atoms with E-state index >= 15 is 0 Å². The fraction of sp³-hybridized carbons (Fsp3) is 0.667. The first-order valence-electron chi connectivity index (χ1n) is 4.50. The molecule has 0 aliphatic heterocycles. The highest BCUT2D eigenvalue weighted by atomic mass is 32.1. The summed E-state index contributed by atoms with van der Waals surface area (Å²) in [6, 6.07) is 0.687. The fourth-order valence-corrected chi connectivity index (χ4v) is 2.14. The Kier molecular flexibility index (Phi) is 1.83. The molecular formula is C9H14N2S. The summed E-state index contributed by atoms with van der Waals surface area (Å²) in [5.41, 5.74) is 1.17. The lowest BCUT2D eigenvalue weighted by molar-refractivity contribution is 0.634. The molecule has 2 nitrogen and oxygen atoms in total. The second-order valence-corrected chi connectivity index (χ2v) is 4.01. The van der Waals surface area contributed by atoms with Crippen molar-refractivity contribution in [3.8, 4) is 0 Å². The number of aromatic amines is 1. The average Bonchev–Trinajstić information content (AvgIpc) is 2.72. The van der Waals surface area contributed by atoms with Crippen LogP contribution in [0.1, 0.15) is 31.5 Å². The molecule has 2 rings (SSSR count). The lowest BCUT2D eigenvalue weighted by Gasteiger charge is -1.97. The van der Waals surface area contributed by atoms with E-state index in [-0.39, 0.29) is 0 Å². The van der Waals surface area contributed by atoms with E-state index in [1.54, 1.807) is 0 Å². The van der Waals surface area contributed by atoms with Gasteiger partial charge < -0.3 is 9.55 Å². The molecule has 0 spiro atoms. The van der Waals surface area contributed by atoms with Gasteiger partial charge in [0.15, 0.2) is 4.77 Å². The number of hydrogen-bond donors (Lipinski definition) is 1. The zero-order chi connectivity index (χ0) is 8.72. The Morgan fingerprint density at radius 2 is 2.50 bits per heavy atom. The van der Waals surface area contributed by atoms with Crippen LogP contribution in [0.3, 0.4) is 0 Å². The maximum atomic E-state index is 5.20. The lowest BCUT2D eigenvalue weighted by atomic mass is 10.3. The maximum Gasteiger partial charge on any atom is 0.177 e. The Hall–Kier alpha value is -0.570. The first-order valence-corrected chi connectivity index (χ1v) is 4.91. The average molecular weight is 182 g/mol. The first-order chi connectivity index (χ1) is 5.72. The van der Waals surface area contributed by atoms with Crippen LogP contribution in [0, 0.1) is 17.6 Å². The molecule has 2 atom stereocenters. The van der Waals surface area contributed by atoms with Crippen molar-refractivity contribution < 1.29 is 0 Å². The molecule has 1 heterocycles. The van der Waals surface area contributed by atoms with Crippen molar-refractivity contribution in [3.05, 3.63) is 16.7 Å². The van der Waals surface area contributed by atoms with E-state index in [0.29, 0.717) is 6.04 Å². The Morgan fingerprint density at radius 1 is 1.75 bits per heavy atom. The number of nitrogens with one attached hydrogen (secondary N) is 1. The Morgan fingerprint density at radius 3 is 2.92 bits per heavy atom. The molecule has 0 aromatic carbocycles. The highest BCUT2D eigenvalue weighted by Gasteiger charge is 2.37. The van der Waals surface area contributed by atoms with Crippen molar-refractivity contribution in [2.75, 3.05) is 0 Å². The predicted molar refractivity (Wildman–Crippen MR) is 51.8 cm³/mol. The normalized spacial score (nSPS) is 27.5. The van der Waals surface area contributed by atoms with E-state index in [0.717, 1.165) is 10.7 Å². The molecule has 66 valence electrons. The lowest BCUT2D eigenvalue weighted by Crippen LogP contribution is -1.93. The first kappa shape index (κ1) is 8.05. The third-order valence-electron chi connectivity index (χ3n) is 2.64. The van der Waals surface area contributed by atoms with Gasteiger partial charge in [-0.2, -0.15) is 0 Å². The van der Waals surface area contributed by atoms with Gasteiger partial charge in [-0.1, -0.05) is 13.3 Å². The van der Waals surface area contributed by atoms with Gasteiger partial charge in [-0.3, -0.25) is 0 Å². The molecule has 2 unspecified atom stereocenters. The van der Waals surface area contributed by atoms with Crippen LogP contribution in [0.4, 0.5) is 0 Å². The minimum Gasteiger partial charge on any atom is -0.335 e. The van der Waals surface area contributed by atoms with Gasteiger partial charge in [0.1, 0.15) is 0 Å². The number of nitrogens with zero attached hydrogens (tertiary/aromatic N) is 1. The molecule has 1 N–H and O–H groups in total. The van der Waals surface area contributed by atoms with E-state index in [4.69, 9.17) is 12.2 Å². The molecule has 12 heavy (non-hydrogen) atoms. The van der Waals surface area contributed by atoms with Gasteiger partial charge in [-0.15, -0.1) is 0 Å². The molecule has 1 aliphatic carbocycles. The van der Waals surface area contributed by atoms with Crippen LogP contribution in [-0.2, 0) is 0 Å². The molecule has 0 saturated heterocycles. The van der Waals surface area contributed by atoms with Crippen LogP contribution in [0.15, 0.2) is 6.20 Å². The topological polar surface area (TPSA) is 20.7 Å². The van der Waals surface area contributed by atoms with Gasteiger partial charge in [0.05, 0.1) is 0 Å². The van der Waals surface area contributed by atoms with E-state index in [1.165, 1.54) is 18.5 Å². The minimum atomic E-state index is 0.687. The van der Waals surface area contributed by atoms with Crippen LogP contribution >= 0.6 is 12.2 Å². The quantitative estimate of drug-likeness (QED) is 0.697. The highest BCUT2D eigenvalue weighted by Crippen LogP contribution is 2.45. The molecule has 1 aliphatic rings. The largest absolute Gasteiger partial charge is 0.335 e. The van der Waals surface area contributed by atoms with E-state index in [2.05, 4.69) is 29.6 Å². The summed E-state index contributed by atoms with van der Waals surface area (Å²) in [4.78, 5) is 3.15. The molecule has 1 fully saturated rings. The number of aromatic nitrogens is 2. The molecule has 1 aromatic rings. The smallest absolute Gasteiger partial charge is 0.177 e. The summed E-state index contributed by atoms with van der Waals surface area (Å²) >= 11 is 5.20. The van der Waals surface area contributed by atoms with Crippen molar-refractivity contribution in [1.29, 1.82) is 0 Å². The molecular weight excluding hydrogens is 168 g/mol. The molecule has 0 radical (unpaired) electrons. The van der Waals surface area contributed by atoms with Gasteiger partial charge in [-0.25, -0.2) is 0 Å². The van der Waals surface area contributed by atoms with Gasteiger partial charge in [-0.05, 0) is 31.5 Å². The van der Waals surface area contributed by atoms with Gasteiger partial charge in [0.2, 0.25) is 0 Å². The Bertz CT molecular complexity index is 337. The zero-order valence-corrected chi connectivity index (χ0v) is 8.32. The molecule has 0 amide bonds. The van der Waals surface area contributed by atoms with Gasteiger partial charge in [0, 0.05) is 17.9 Å². The fourth-order valence-electron chi connectivity index (χ4n) is 1.79. The molecule has 3 heteroatoms. The molecule has 1 saturated carbocycles. The second kappa shape index (κ2) is 2.73. The SMILES string of the molecule is CCC1CC1n1cc(C)[nH]c1=S. The molecule has 1 aromatic heterocycles. The number of aryl methyl sites for hydroxylation is 1. The van der Waals surface area contributed by atoms with E-state index in [9.17, 15) is 0 Å². The van der Waals surface area contributed by atoms with Crippen molar-refractivity contribution >= 4 is 12.2 Å². The summed E-state index contributed by atoms with van der Waals surface area (Å²) in [6.45, 7) is 4.30. The summed E-state index contributed by atoms with van der Waals surface area (Å²) in [5, 5.41) is 0. The zero-order valence-electron chi connectivity index (χ0n) is 7.50. The number of H-pyrrole nitrogens is 1. The van der Waals surface area contributed by atoms with Crippen molar-refractivity contribution in [1.82, 2.24) is 9.55 Å². The third-order valence-corrected chi connectivity index (χ3v) is 2.95. The number of rotatable bonds is 2. The van der Waals surface area contributed by atoms with Gasteiger partial charge >= 0.3 is 0 Å². The maximum absolute atomic E-state index is 5.20. The number of imidazole rings is 1. The van der Waals surface area contributed by atoms with Crippen molar-refractivity contribution in [2.45, 2.75) is 32.7 Å². The summed E-state index contributed by atoms with van der Waals surface area (Å²) < 4.78 is 3.09. The summed E-state index contributed by atoms with van der Waals surface area (Å²) in [7, 11) is 0. The molecule has 0 bridgehead atoms. The minimum absolute atomic E-state index is 0.687. The monoisotopic (exact) mass is 182 g/mol. The van der Waals surface area contributed by atoms with Crippen LogP contribution in [0.2, 0.25) is 0 Å². The van der Waals surface area contributed by atoms with Crippen LogP contribution in [0.25, 0.3) is 0 Å². The summed E-state index contributed by atoms with van der Waals surface area (Å²) in [6.07, 6.45) is 4.71. The van der Waals surface area contributed by atoms with E-state index < -0.39 is 0 Å². The Balaban J connectivity index is 2.25. The van der Waals surface area contributed by atoms with Crippen molar-refractivity contribution in [3.63, 3.8) is 0 Å². The summed E-state index contributed by atoms with van der Waals surface area (Å²) in [5.74, 6) is 0.867. The van der Waals surface area contributed by atoms with E-state index in [1.807, 2.05) is 0 Å². The van der Waals surface area contributed by atoms with Gasteiger partial charge in [0.25, 0.3) is 0 Å². The van der Waals surface area contributed by atoms with Crippen LogP contribution in [-0.4, -0.2) is 9.55 Å². The third kappa shape index (κ3) is 1.22. The standard InChI is InChI=1S/C9H14N2S/c1-3-7-4-8(7)11-5-6(2)10-9(11)12/h5,7-8H,3-4H2,1-2H3,(H,10,12). The predicted octanol–water partition coefficient (Wildman–Crippen LogP) is 2.83. The highest BCUT2D eigenvalue weighted by molar-refractivity contribution is 7.71. The van der Waals surface area contributed by atoms with Crippen LogP contribution < -0.4 is 0 Å². The Labute approximate surface area is 77.6 Å². The van der Waals surface area contributed by atoms with Crippen LogP contribution in [0.5, 0.6) is 0 Å². The number of hydrogen-bond acceptors (Lipinski definition) is 1. The second-order valence-electron chi connectivity index (χ2n) is 3.62.